The molecule has 0 fully saturated rings. The molecule has 1 heterocycles. The fourth-order valence-electron chi connectivity index (χ4n) is 3.52. The van der Waals surface area contributed by atoms with Crippen molar-refractivity contribution in [1.82, 2.24) is 4.98 Å². The minimum Gasteiger partial charge on any atom is -0.396 e. The minimum absolute atomic E-state index is 0. The summed E-state index contributed by atoms with van der Waals surface area (Å²) in [5.41, 5.74) is 24.9. The molecule has 4 rings (SSSR count). The molecule has 3 aromatic carbocycles. The van der Waals surface area contributed by atoms with Crippen LogP contribution in [0.5, 0.6) is 0 Å². The van der Waals surface area contributed by atoms with Crippen molar-refractivity contribution in [3.63, 3.8) is 0 Å². The Kier molecular flexibility index (Phi) is 5.71. The summed E-state index contributed by atoms with van der Waals surface area (Å²) >= 11 is 0. The maximum atomic E-state index is 6.39. The van der Waals surface area contributed by atoms with Gasteiger partial charge in [-0.1, -0.05) is 66.7 Å². The first kappa shape index (κ1) is 19.5. The van der Waals surface area contributed by atoms with E-state index in [-0.39, 0.29) is 18.2 Å². The Morgan fingerprint density at radius 3 is 1.82 bits per heavy atom. The third-order valence-electron chi connectivity index (χ3n) is 4.93. The van der Waals surface area contributed by atoms with E-state index in [1.807, 2.05) is 30.3 Å². The molecule has 0 unspecified atom stereocenters. The molecule has 5 heteroatoms. The molecule has 0 radical (unpaired) electrons. The van der Waals surface area contributed by atoms with Gasteiger partial charge in [0.05, 0.1) is 16.9 Å². The summed E-state index contributed by atoms with van der Waals surface area (Å²) in [5.74, 6) is 0.279. The highest BCUT2D eigenvalue weighted by Gasteiger charge is 2.16. The minimum atomic E-state index is 0. The number of nitrogens with two attached hydrogens (primary N) is 3. The lowest BCUT2D eigenvalue weighted by Gasteiger charge is -2.17. The van der Waals surface area contributed by atoms with Gasteiger partial charge in [0.2, 0.25) is 0 Å². The normalized spacial score (nSPS) is 10.6. The maximum Gasteiger partial charge on any atom is 0.149 e. The van der Waals surface area contributed by atoms with Crippen LogP contribution >= 0.6 is 12.4 Å². The van der Waals surface area contributed by atoms with E-state index in [0.29, 0.717) is 11.4 Å². The predicted octanol–water partition coefficient (Wildman–Crippen LogP) is 4.58. The monoisotopic (exact) mass is 390 g/mol. The van der Waals surface area contributed by atoms with Crippen LogP contribution in [0.4, 0.5) is 17.2 Å². The summed E-state index contributed by atoms with van der Waals surface area (Å²) in [6, 6.07) is 24.9. The fraction of sp³-hybridized carbons (Fsp3) is 0.0870. The van der Waals surface area contributed by atoms with E-state index in [9.17, 15) is 0 Å². The highest BCUT2D eigenvalue weighted by atomic mass is 35.5. The van der Waals surface area contributed by atoms with Crippen molar-refractivity contribution in [3.05, 3.63) is 95.1 Å². The predicted molar refractivity (Wildman–Crippen MR) is 121 cm³/mol. The topological polar surface area (TPSA) is 90.9 Å². The zero-order valence-corrected chi connectivity index (χ0v) is 16.2. The molecule has 0 saturated carbocycles. The van der Waals surface area contributed by atoms with Crippen LogP contribution in [-0.2, 0) is 12.8 Å². The van der Waals surface area contributed by atoms with Crippen molar-refractivity contribution in [2.24, 2.45) is 0 Å². The molecule has 4 nitrogen and oxygen atoms in total. The molecule has 0 aliphatic heterocycles. The quantitative estimate of drug-likeness (QED) is 0.475. The lowest BCUT2D eigenvalue weighted by Crippen LogP contribution is -2.07. The average Bonchev–Trinajstić information content (AvgIpc) is 2.69. The van der Waals surface area contributed by atoms with Crippen LogP contribution in [0.15, 0.2) is 72.8 Å². The van der Waals surface area contributed by atoms with Gasteiger partial charge >= 0.3 is 0 Å². The van der Waals surface area contributed by atoms with Gasteiger partial charge in [-0.3, -0.25) is 0 Å². The van der Waals surface area contributed by atoms with Crippen molar-refractivity contribution in [2.75, 3.05) is 17.2 Å². The van der Waals surface area contributed by atoms with Crippen LogP contribution in [0, 0.1) is 0 Å². The zero-order valence-electron chi connectivity index (χ0n) is 15.4. The number of anilines is 3. The third kappa shape index (κ3) is 3.73. The van der Waals surface area contributed by atoms with Gasteiger partial charge in [-0.2, -0.15) is 0 Å². The molecule has 0 atom stereocenters. The van der Waals surface area contributed by atoms with Gasteiger partial charge in [0.1, 0.15) is 5.82 Å². The van der Waals surface area contributed by atoms with Crippen molar-refractivity contribution in [3.8, 4) is 0 Å². The Balaban J connectivity index is 0.00000225. The molecule has 0 bridgehead atoms. The molecule has 0 saturated heterocycles. The summed E-state index contributed by atoms with van der Waals surface area (Å²) in [5, 5.41) is 0.902. The van der Waals surface area contributed by atoms with Gasteiger partial charge in [0.15, 0.2) is 0 Å². The number of hydrogen-bond acceptors (Lipinski definition) is 4. The highest BCUT2D eigenvalue weighted by Crippen LogP contribution is 2.35. The van der Waals surface area contributed by atoms with E-state index in [1.54, 1.807) is 0 Å². The number of halogens is 1. The van der Waals surface area contributed by atoms with Crippen LogP contribution in [0.3, 0.4) is 0 Å². The molecular weight excluding hydrogens is 368 g/mol. The molecule has 142 valence electrons. The van der Waals surface area contributed by atoms with Crippen LogP contribution < -0.4 is 17.2 Å². The van der Waals surface area contributed by atoms with Crippen LogP contribution in [0.25, 0.3) is 10.9 Å². The average molecular weight is 391 g/mol. The zero-order chi connectivity index (χ0) is 18.8. The van der Waals surface area contributed by atoms with Crippen molar-refractivity contribution < 1.29 is 0 Å². The van der Waals surface area contributed by atoms with E-state index >= 15 is 0 Å². The number of aromatic nitrogens is 1. The summed E-state index contributed by atoms with van der Waals surface area (Å²) in [6.45, 7) is 0. The Bertz CT molecular complexity index is 1100. The summed E-state index contributed by atoms with van der Waals surface area (Å²) in [4.78, 5) is 4.46. The second-order valence-corrected chi connectivity index (χ2v) is 6.75. The van der Waals surface area contributed by atoms with Gasteiger partial charge in [-0.25, -0.2) is 4.98 Å². The lowest BCUT2D eigenvalue weighted by molar-refractivity contribution is 1.10. The van der Waals surface area contributed by atoms with E-state index in [1.165, 1.54) is 16.7 Å². The molecule has 0 amide bonds. The first-order chi connectivity index (χ1) is 13.1. The molecule has 4 aromatic rings. The Morgan fingerprint density at radius 2 is 1.21 bits per heavy atom. The molecular formula is C23H23ClN4. The molecule has 6 N–H and O–H groups in total. The Hall–Kier alpha value is -3.24. The lowest BCUT2D eigenvalue weighted by atomic mass is 9.91. The van der Waals surface area contributed by atoms with E-state index in [2.05, 4.69) is 47.4 Å². The Morgan fingerprint density at radius 1 is 0.643 bits per heavy atom. The van der Waals surface area contributed by atoms with Crippen LogP contribution in [0.2, 0.25) is 0 Å². The first-order valence-electron chi connectivity index (χ1n) is 8.96. The summed E-state index contributed by atoms with van der Waals surface area (Å²) < 4.78 is 0. The fourth-order valence-corrected chi connectivity index (χ4v) is 3.52. The van der Waals surface area contributed by atoms with Gasteiger partial charge in [-0.15, -0.1) is 12.4 Å². The van der Waals surface area contributed by atoms with E-state index < -0.39 is 0 Å². The molecule has 28 heavy (non-hydrogen) atoms. The van der Waals surface area contributed by atoms with Crippen LogP contribution in [-0.4, -0.2) is 4.98 Å². The van der Waals surface area contributed by atoms with E-state index in [4.69, 9.17) is 17.2 Å². The molecule has 0 aliphatic carbocycles. The number of fused-ring (bicyclic) bond motifs is 1. The van der Waals surface area contributed by atoms with Crippen molar-refractivity contribution >= 4 is 40.5 Å². The maximum absolute atomic E-state index is 6.39. The summed E-state index contributed by atoms with van der Waals surface area (Å²) in [6.07, 6.45) is 1.58. The number of nitrogens with zero attached hydrogens (tertiary/aromatic N) is 1. The highest BCUT2D eigenvalue weighted by molar-refractivity contribution is 6.02. The van der Waals surface area contributed by atoms with Gasteiger partial charge in [-0.05, 0) is 41.2 Å². The smallest absolute Gasteiger partial charge is 0.149 e. The standard InChI is InChI=1S/C23H22N4.ClH/c24-21-20-18(14-16-9-5-2-6-10-16)17(13-15-7-3-1-4-8-15)11-12-19(20)27-23(26)22(21)25;/h1-12H,13-14,25H2,(H4,24,26,27);1H. The van der Waals surface area contributed by atoms with Crippen LogP contribution in [0.1, 0.15) is 22.3 Å². The van der Waals surface area contributed by atoms with Gasteiger partial charge < -0.3 is 17.2 Å². The number of rotatable bonds is 4. The van der Waals surface area contributed by atoms with Crippen molar-refractivity contribution in [1.29, 1.82) is 0 Å². The van der Waals surface area contributed by atoms with E-state index in [0.717, 1.165) is 29.3 Å². The third-order valence-corrected chi connectivity index (χ3v) is 4.93. The van der Waals surface area contributed by atoms with Gasteiger partial charge in [0, 0.05) is 5.39 Å². The largest absolute Gasteiger partial charge is 0.396 e. The molecule has 0 aliphatic rings. The van der Waals surface area contributed by atoms with Crippen molar-refractivity contribution in [2.45, 2.75) is 12.8 Å². The number of nitrogen functional groups attached to an aromatic ring is 3. The SMILES string of the molecule is Cl.Nc1nc2ccc(Cc3ccccc3)c(Cc3ccccc3)c2c(N)c1N. The Labute approximate surface area is 170 Å². The number of hydrogen-bond donors (Lipinski definition) is 3. The first-order valence-corrected chi connectivity index (χ1v) is 8.96. The second-order valence-electron chi connectivity index (χ2n) is 6.75. The number of benzene rings is 3. The second kappa shape index (κ2) is 8.19. The number of pyridine rings is 1. The molecule has 0 spiro atoms. The summed E-state index contributed by atoms with van der Waals surface area (Å²) in [7, 11) is 0. The molecule has 1 aromatic heterocycles. The van der Waals surface area contributed by atoms with Gasteiger partial charge in [0.25, 0.3) is 0 Å².